The van der Waals surface area contributed by atoms with Crippen molar-refractivity contribution < 1.29 is 0 Å². The second-order valence-electron chi connectivity index (χ2n) is 4.19. The van der Waals surface area contributed by atoms with Gasteiger partial charge in [-0.2, -0.15) is 5.10 Å². The van der Waals surface area contributed by atoms with Gasteiger partial charge in [-0.25, -0.2) is 0 Å². The van der Waals surface area contributed by atoms with Gasteiger partial charge in [0.05, 0.1) is 6.20 Å². The number of benzene rings is 1. The summed E-state index contributed by atoms with van der Waals surface area (Å²) in [6, 6.07) is 8.99. The molecule has 3 nitrogen and oxygen atoms in total. The van der Waals surface area contributed by atoms with E-state index in [-0.39, 0.29) is 6.04 Å². The van der Waals surface area contributed by atoms with Crippen molar-refractivity contribution in [3.8, 4) is 0 Å². The van der Waals surface area contributed by atoms with Crippen molar-refractivity contribution in [3.05, 3.63) is 52.3 Å². The lowest BCUT2D eigenvalue weighted by Gasteiger charge is -2.19. The van der Waals surface area contributed by atoms with Gasteiger partial charge in [0.2, 0.25) is 0 Å². The van der Waals surface area contributed by atoms with Gasteiger partial charge in [0, 0.05) is 28.3 Å². The molecule has 1 aromatic carbocycles. The Morgan fingerprint density at radius 1 is 1.12 bits per heavy atom. The van der Waals surface area contributed by atoms with Crippen molar-refractivity contribution in [3.63, 3.8) is 0 Å². The molecule has 1 heterocycles. The molecule has 2 aromatic rings. The zero-order valence-electron chi connectivity index (χ0n) is 9.94. The lowest BCUT2D eigenvalue weighted by Crippen LogP contribution is -2.22. The first-order chi connectivity index (χ1) is 8.16. The predicted molar refractivity (Wildman–Crippen MR) is 72.7 cm³/mol. The van der Waals surface area contributed by atoms with E-state index in [2.05, 4.69) is 69.6 Å². The average molecular weight is 294 g/mol. The molecule has 0 fully saturated rings. The maximum absolute atomic E-state index is 3.96. The van der Waals surface area contributed by atoms with Crippen molar-refractivity contribution in [1.29, 1.82) is 0 Å². The van der Waals surface area contributed by atoms with Crippen molar-refractivity contribution in [1.82, 2.24) is 15.5 Å². The van der Waals surface area contributed by atoms with Gasteiger partial charge < -0.3 is 5.32 Å². The average Bonchev–Trinajstić information content (AvgIpc) is 2.83. The first-order valence-corrected chi connectivity index (χ1v) is 6.46. The molecule has 0 amide bonds. The second-order valence-corrected chi connectivity index (χ2v) is 5.11. The van der Waals surface area contributed by atoms with E-state index in [0.717, 1.165) is 4.47 Å². The van der Waals surface area contributed by atoms with E-state index in [1.807, 2.05) is 12.4 Å². The minimum absolute atomic E-state index is 0.285. The highest BCUT2D eigenvalue weighted by atomic mass is 79.9. The lowest BCUT2D eigenvalue weighted by molar-refractivity contribution is 0.495. The minimum Gasteiger partial charge on any atom is -0.304 e. The smallest absolute Gasteiger partial charge is 0.0534 e. The molecular weight excluding hydrogens is 278 g/mol. The van der Waals surface area contributed by atoms with E-state index in [1.54, 1.807) is 0 Å². The zero-order chi connectivity index (χ0) is 12.3. The van der Waals surface area contributed by atoms with Gasteiger partial charge in [0.25, 0.3) is 0 Å². The quantitative estimate of drug-likeness (QED) is 0.904. The summed E-state index contributed by atoms with van der Waals surface area (Å²) in [5, 5.41) is 10.3. The molecule has 0 aliphatic heterocycles. The fourth-order valence-electron chi connectivity index (χ4n) is 1.82. The van der Waals surface area contributed by atoms with E-state index in [1.165, 1.54) is 11.1 Å². The minimum atomic E-state index is 0.285. The Balaban J connectivity index is 2.01. The molecule has 0 bridgehead atoms. The molecule has 2 rings (SSSR count). The van der Waals surface area contributed by atoms with Crippen molar-refractivity contribution in [2.24, 2.45) is 0 Å². The maximum Gasteiger partial charge on any atom is 0.0534 e. The summed E-state index contributed by atoms with van der Waals surface area (Å²) in [6.45, 7) is 4.31. The standard InChI is InChI=1S/C13H16BrN3/c1-9(11-3-5-13(14)6-4-11)17-10(2)12-7-15-16-8-12/h3-10,17H,1-2H3,(H,15,16). The highest BCUT2D eigenvalue weighted by molar-refractivity contribution is 9.10. The fraction of sp³-hybridized carbons (Fsp3) is 0.308. The second kappa shape index (κ2) is 5.47. The van der Waals surface area contributed by atoms with Crippen LogP contribution < -0.4 is 5.32 Å². The normalized spacial score (nSPS) is 14.5. The van der Waals surface area contributed by atoms with Gasteiger partial charge in [0.15, 0.2) is 0 Å². The summed E-state index contributed by atoms with van der Waals surface area (Å²) < 4.78 is 1.11. The summed E-state index contributed by atoms with van der Waals surface area (Å²) in [7, 11) is 0. The number of aromatic amines is 1. The van der Waals surface area contributed by atoms with E-state index in [9.17, 15) is 0 Å². The summed E-state index contributed by atoms with van der Waals surface area (Å²) >= 11 is 3.44. The van der Waals surface area contributed by atoms with E-state index in [0.29, 0.717) is 6.04 Å². The molecule has 1 aromatic heterocycles. The summed E-state index contributed by atoms with van der Waals surface area (Å²) in [4.78, 5) is 0. The zero-order valence-corrected chi connectivity index (χ0v) is 11.5. The highest BCUT2D eigenvalue weighted by Gasteiger charge is 2.11. The number of hydrogen-bond donors (Lipinski definition) is 2. The lowest BCUT2D eigenvalue weighted by atomic mass is 10.1. The van der Waals surface area contributed by atoms with Gasteiger partial charge in [-0.05, 0) is 31.5 Å². The molecular formula is C13H16BrN3. The van der Waals surface area contributed by atoms with Crippen LogP contribution >= 0.6 is 15.9 Å². The highest BCUT2D eigenvalue weighted by Crippen LogP contribution is 2.20. The Bertz CT molecular complexity index is 450. The Labute approximate surface area is 110 Å². The predicted octanol–water partition coefficient (Wildman–Crippen LogP) is 3.58. The summed E-state index contributed by atoms with van der Waals surface area (Å²) in [6.07, 6.45) is 3.78. The molecule has 2 atom stereocenters. The Morgan fingerprint density at radius 2 is 1.76 bits per heavy atom. The number of H-pyrrole nitrogens is 1. The topological polar surface area (TPSA) is 40.7 Å². The first kappa shape index (κ1) is 12.3. The van der Waals surface area contributed by atoms with Crippen molar-refractivity contribution in [2.45, 2.75) is 25.9 Å². The SMILES string of the molecule is CC(NC(C)c1cn[nH]c1)c1ccc(Br)cc1. The van der Waals surface area contributed by atoms with Gasteiger partial charge >= 0.3 is 0 Å². The first-order valence-electron chi connectivity index (χ1n) is 5.67. The number of aromatic nitrogens is 2. The largest absolute Gasteiger partial charge is 0.304 e. The fourth-order valence-corrected chi connectivity index (χ4v) is 2.08. The van der Waals surface area contributed by atoms with E-state index >= 15 is 0 Å². The number of nitrogens with zero attached hydrogens (tertiary/aromatic N) is 1. The van der Waals surface area contributed by atoms with Gasteiger partial charge in [-0.1, -0.05) is 28.1 Å². The van der Waals surface area contributed by atoms with Crippen LogP contribution in [0.3, 0.4) is 0 Å². The maximum atomic E-state index is 3.96. The molecule has 0 spiro atoms. The monoisotopic (exact) mass is 293 g/mol. The van der Waals surface area contributed by atoms with Crippen LogP contribution in [0, 0.1) is 0 Å². The molecule has 0 aliphatic carbocycles. The summed E-state index contributed by atoms with van der Waals surface area (Å²) in [5.74, 6) is 0. The number of halogens is 1. The third-order valence-corrected chi connectivity index (χ3v) is 3.42. The number of rotatable bonds is 4. The molecule has 0 radical (unpaired) electrons. The van der Waals surface area contributed by atoms with Gasteiger partial charge in [-0.15, -0.1) is 0 Å². The molecule has 0 saturated carbocycles. The van der Waals surface area contributed by atoms with Gasteiger partial charge in [0.1, 0.15) is 0 Å². The molecule has 2 unspecified atom stereocenters. The van der Waals surface area contributed by atoms with Crippen molar-refractivity contribution >= 4 is 15.9 Å². The Kier molecular flexibility index (Phi) is 3.97. The van der Waals surface area contributed by atoms with Crippen molar-refractivity contribution in [2.75, 3.05) is 0 Å². The van der Waals surface area contributed by atoms with Crippen LogP contribution in [0.5, 0.6) is 0 Å². The van der Waals surface area contributed by atoms with Crippen LogP contribution in [-0.2, 0) is 0 Å². The van der Waals surface area contributed by atoms with Crippen LogP contribution in [-0.4, -0.2) is 10.2 Å². The molecule has 17 heavy (non-hydrogen) atoms. The molecule has 0 saturated heterocycles. The van der Waals surface area contributed by atoms with Crippen LogP contribution in [0.15, 0.2) is 41.1 Å². The van der Waals surface area contributed by atoms with E-state index in [4.69, 9.17) is 0 Å². The molecule has 4 heteroatoms. The summed E-state index contributed by atoms with van der Waals surface area (Å²) in [5.41, 5.74) is 2.46. The molecule has 0 aliphatic rings. The molecule has 2 N–H and O–H groups in total. The van der Waals surface area contributed by atoms with Crippen LogP contribution in [0.25, 0.3) is 0 Å². The third-order valence-electron chi connectivity index (χ3n) is 2.89. The van der Waals surface area contributed by atoms with Crippen LogP contribution in [0.2, 0.25) is 0 Å². The number of nitrogens with one attached hydrogen (secondary N) is 2. The molecule has 90 valence electrons. The van der Waals surface area contributed by atoms with Crippen LogP contribution in [0.1, 0.15) is 37.1 Å². The Morgan fingerprint density at radius 3 is 2.35 bits per heavy atom. The third kappa shape index (κ3) is 3.17. The van der Waals surface area contributed by atoms with Gasteiger partial charge in [-0.3, -0.25) is 5.10 Å². The van der Waals surface area contributed by atoms with Crippen LogP contribution in [0.4, 0.5) is 0 Å². The Hall–Kier alpha value is -1.13. The van der Waals surface area contributed by atoms with E-state index < -0.39 is 0 Å². The number of hydrogen-bond acceptors (Lipinski definition) is 2.